The number of fused-ring (bicyclic) bond motifs is 1. The van der Waals surface area contributed by atoms with E-state index in [2.05, 4.69) is 27.1 Å². The summed E-state index contributed by atoms with van der Waals surface area (Å²) in [5.41, 5.74) is 1.92. The fourth-order valence-corrected chi connectivity index (χ4v) is 4.25. The first-order valence-electron chi connectivity index (χ1n) is 11.0. The maximum Gasteiger partial charge on any atom is 0.290 e. The van der Waals surface area contributed by atoms with E-state index in [0.29, 0.717) is 30.0 Å². The molecule has 164 valence electrons. The van der Waals surface area contributed by atoms with E-state index < -0.39 is 5.60 Å². The molecule has 2 N–H and O–H groups in total. The van der Waals surface area contributed by atoms with Gasteiger partial charge < -0.3 is 14.7 Å². The van der Waals surface area contributed by atoms with Crippen LogP contribution in [0.15, 0.2) is 29.1 Å². The van der Waals surface area contributed by atoms with Gasteiger partial charge in [0.2, 0.25) is 0 Å². The Hall–Kier alpha value is -2.87. The van der Waals surface area contributed by atoms with Gasteiger partial charge in [0, 0.05) is 25.5 Å². The molecule has 1 saturated carbocycles. The monoisotopic (exact) mass is 423 g/mol. The minimum Gasteiger partial charge on any atom is -0.488 e. The normalized spacial score (nSPS) is 23.0. The van der Waals surface area contributed by atoms with E-state index >= 15 is 0 Å². The molecule has 1 aliphatic heterocycles. The van der Waals surface area contributed by atoms with Gasteiger partial charge in [0.05, 0.1) is 11.1 Å². The molecule has 31 heavy (non-hydrogen) atoms. The second kappa shape index (κ2) is 7.09. The summed E-state index contributed by atoms with van der Waals surface area (Å²) in [7, 11) is 1.67. The van der Waals surface area contributed by atoms with Gasteiger partial charge in [-0.05, 0) is 70.2 Å². The number of aryl methyl sites for hydroxylation is 1. The highest BCUT2D eigenvalue weighted by molar-refractivity contribution is 5.93. The molecule has 1 aromatic carbocycles. The average molecular weight is 424 g/mol. The lowest BCUT2D eigenvalue weighted by atomic mass is 9.98. The van der Waals surface area contributed by atoms with Crippen LogP contribution in [-0.2, 0) is 7.05 Å². The van der Waals surface area contributed by atoms with E-state index in [9.17, 15) is 9.90 Å². The number of ether oxygens (including phenoxy) is 1. The molecule has 1 atom stereocenters. The predicted octanol–water partition coefficient (Wildman–Crippen LogP) is 3.00. The van der Waals surface area contributed by atoms with E-state index in [0.717, 1.165) is 48.9 Å². The third-order valence-corrected chi connectivity index (χ3v) is 6.54. The number of hydrogen-bond acceptors (Lipinski definition) is 6. The Bertz CT molecular complexity index is 1190. The van der Waals surface area contributed by atoms with Gasteiger partial charge in [-0.2, -0.15) is 10.2 Å². The number of aliphatic hydroxyl groups is 1. The van der Waals surface area contributed by atoms with Crippen LogP contribution in [0.4, 0.5) is 5.69 Å². The summed E-state index contributed by atoms with van der Waals surface area (Å²) < 4.78 is 7.50. The predicted molar refractivity (Wildman–Crippen MR) is 120 cm³/mol. The van der Waals surface area contributed by atoms with Gasteiger partial charge in [-0.25, -0.2) is 4.68 Å². The number of anilines is 1. The van der Waals surface area contributed by atoms with Crippen molar-refractivity contribution in [1.29, 1.82) is 0 Å². The van der Waals surface area contributed by atoms with Crippen LogP contribution in [0.3, 0.4) is 0 Å². The lowest BCUT2D eigenvalue weighted by molar-refractivity contribution is 0.0481. The number of H-pyrrole nitrogens is 1. The van der Waals surface area contributed by atoms with Crippen molar-refractivity contribution in [2.24, 2.45) is 7.05 Å². The first-order valence-corrected chi connectivity index (χ1v) is 11.0. The maximum absolute atomic E-state index is 12.9. The Morgan fingerprint density at radius 1 is 1.13 bits per heavy atom. The molecule has 0 spiro atoms. The largest absolute Gasteiger partial charge is 0.488 e. The summed E-state index contributed by atoms with van der Waals surface area (Å²) in [6.45, 7) is 5.34. The Morgan fingerprint density at radius 3 is 2.71 bits per heavy atom. The minimum absolute atomic E-state index is 0.0619. The molecule has 0 bridgehead atoms. The fraction of sp³-hybridized carbons (Fsp3) is 0.522. The third kappa shape index (κ3) is 3.92. The Morgan fingerprint density at radius 2 is 1.94 bits per heavy atom. The molecule has 3 aromatic rings. The standard InChI is InChI=1S/C23H29N5O3/c1-22(30)7-4-11-28(12-10-22)19-14-18(26-27(3)21(19)29)20-16-13-15(31-23(2)8-9-23)5-6-17(16)24-25-20/h5-6,13-14,30H,4,7-12H2,1-3H3,(H,24,25)/t22-/m1/s1. The number of aromatic nitrogens is 4. The molecule has 8 heteroatoms. The highest BCUT2D eigenvalue weighted by Gasteiger charge is 2.40. The minimum atomic E-state index is -0.692. The number of benzene rings is 1. The van der Waals surface area contributed by atoms with Crippen LogP contribution in [0.1, 0.15) is 46.0 Å². The van der Waals surface area contributed by atoms with Crippen LogP contribution in [0.2, 0.25) is 0 Å². The van der Waals surface area contributed by atoms with Gasteiger partial charge in [-0.15, -0.1) is 0 Å². The second-order valence-corrected chi connectivity index (χ2v) is 9.51. The molecule has 1 saturated heterocycles. The van der Waals surface area contributed by atoms with Gasteiger partial charge in [0.15, 0.2) is 0 Å². The van der Waals surface area contributed by atoms with E-state index in [-0.39, 0.29) is 11.2 Å². The SMILES string of the molecule is Cn1nc(-c2n[nH]c3ccc(OC4(C)CC4)cc23)cc(N2CCC[C@@](C)(O)CC2)c1=O. The number of nitrogens with zero attached hydrogens (tertiary/aromatic N) is 4. The lowest BCUT2D eigenvalue weighted by Crippen LogP contribution is -2.34. The zero-order valence-corrected chi connectivity index (χ0v) is 18.3. The highest BCUT2D eigenvalue weighted by Crippen LogP contribution is 2.40. The quantitative estimate of drug-likeness (QED) is 0.670. The van der Waals surface area contributed by atoms with Crippen molar-refractivity contribution < 1.29 is 9.84 Å². The average Bonchev–Trinajstić information content (AvgIpc) is 3.34. The molecule has 5 rings (SSSR count). The molecule has 2 aliphatic rings. The van der Waals surface area contributed by atoms with E-state index in [1.807, 2.05) is 31.2 Å². The smallest absolute Gasteiger partial charge is 0.290 e. The number of hydrogen-bond donors (Lipinski definition) is 2. The molecule has 0 radical (unpaired) electrons. The molecule has 0 unspecified atom stereocenters. The summed E-state index contributed by atoms with van der Waals surface area (Å²) in [4.78, 5) is 15.0. The number of rotatable bonds is 4. The molecule has 2 fully saturated rings. The summed E-state index contributed by atoms with van der Waals surface area (Å²) in [6, 6.07) is 7.74. The van der Waals surface area contributed by atoms with Crippen LogP contribution >= 0.6 is 0 Å². The van der Waals surface area contributed by atoms with Crippen molar-refractivity contribution in [3.05, 3.63) is 34.6 Å². The Balaban J connectivity index is 1.54. The van der Waals surface area contributed by atoms with Gasteiger partial charge in [0.1, 0.15) is 28.4 Å². The van der Waals surface area contributed by atoms with Crippen molar-refractivity contribution in [3.8, 4) is 17.1 Å². The zero-order chi connectivity index (χ0) is 21.8. The topological polar surface area (TPSA) is 96.3 Å². The molecule has 3 heterocycles. The van der Waals surface area contributed by atoms with E-state index in [1.165, 1.54) is 4.68 Å². The first kappa shape index (κ1) is 20.1. The van der Waals surface area contributed by atoms with Gasteiger partial charge in [-0.3, -0.25) is 9.89 Å². The summed E-state index contributed by atoms with van der Waals surface area (Å²) in [5.74, 6) is 0.815. The van der Waals surface area contributed by atoms with Crippen LogP contribution in [0.5, 0.6) is 5.75 Å². The first-order chi connectivity index (χ1) is 14.7. The third-order valence-electron chi connectivity index (χ3n) is 6.54. The van der Waals surface area contributed by atoms with E-state index in [1.54, 1.807) is 7.05 Å². The highest BCUT2D eigenvalue weighted by atomic mass is 16.5. The van der Waals surface area contributed by atoms with Crippen molar-refractivity contribution in [2.45, 2.75) is 57.2 Å². The van der Waals surface area contributed by atoms with Crippen LogP contribution in [0, 0.1) is 0 Å². The molecular weight excluding hydrogens is 394 g/mol. The van der Waals surface area contributed by atoms with Crippen molar-refractivity contribution in [3.63, 3.8) is 0 Å². The van der Waals surface area contributed by atoms with E-state index in [4.69, 9.17) is 4.74 Å². The molecule has 8 nitrogen and oxygen atoms in total. The Kier molecular flexibility index (Phi) is 4.58. The van der Waals surface area contributed by atoms with Crippen molar-refractivity contribution in [2.75, 3.05) is 18.0 Å². The van der Waals surface area contributed by atoms with Gasteiger partial charge >= 0.3 is 0 Å². The summed E-state index contributed by atoms with van der Waals surface area (Å²) >= 11 is 0. The Labute approximate surface area is 180 Å². The fourth-order valence-electron chi connectivity index (χ4n) is 4.25. The van der Waals surface area contributed by atoms with Crippen LogP contribution in [0.25, 0.3) is 22.3 Å². The zero-order valence-electron chi connectivity index (χ0n) is 18.3. The number of nitrogens with one attached hydrogen (secondary N) is 1. The molecule has 0 amide bonds. The second-order valence-electron chi connectivity index (χ2n) is 9.51. The number of aromatic amines is 1. The molecule has 1 aliphatic carbocycles. The molecular formula is C23H29N5O3. The van der Waals surface area contributed by atoms with Crippen LogP contribution in [-0.4, -0.2) is 49.4 Å². The summed E-state index contributed by atoms with van der Waals surface area (Å²) in [6.07, 6.45) is 4.32. The maximum atomic E-state index is 12.9. The van der Waals surface area contributed by atoms with Crippen molar-refractivity contribution >= 4 is 16.6 Å². The molecule has 2 aromatic heterocycles. The summed E-state index contributed by atoms with van der Waals surface area (Å²) in [5, 5.41) is 23.4. The lowest BCUT2D eigenvalue weighted by Gasteiger charge is -2.24. The van der Waals surface area contributed by atoms with Crippen LogP contribution < -0.4 is 15.2 Å². The van der Waals surface area contributed by atoms with Crippen molar-refractivity contribution in [1.82, 2.24) is 20.0 Å². The van der Waals surface area contributed by atoms with Gasteiger partial charge in [-0.1, -0.05) is 0 Å². The van der Waals surface area contributed by atoms with Gasteiger partial charge in [0.25, 0.3) is 5.56 Å².